The standard InChI is InChI=1S/2C7H4F4O.2ClH.Zr/c2*8-4-1-2-6(12)5(3-4)7(9,10)11;;;/h2*1-3,12H;2*1H;/q;;;;+4/p-4. The van der Waals surface area contributed by atoms with Gasteiger partial charge in [-0.25, -0.2) is 0 Å². The van der Waals surface area contributed by atoms with Crippen molar-refractivity contribution in [1.82, 2.24) is 0 Å². The quantitative estimate of drug-likeness (QED) is 0.501. The Labute approximate surface area is 172 Å². The van der Waals surface area contributed by atoms with E-state index in [1.54, 1.807) is 0 Å². The van der Waals surface area contributed by atoms with Gasteiger partial charge in [0.25, 0.3) is 0 Å². The Hall–Kier alpha value is -1.06. The molecule has 0 unspecified atom stereocenters. The Kier molecular flexibility index (Phi) is 9.54. The molecule has 0 atom stereocenters. The van der Waals surface area contributed by atoms with E-state index in [2.05, 4.69) is 0 Å². The van der Waals surface area contributed by atoms with E-state index in [-0.39, 0.29) is 36.9 Å². The van der Waals surface area contributed by atoms with Crippen LogP contribution in [0.4, 0.5) is 35.1 Å². The molecule has 2 rings (SSSR count). The summed E-state index contributed by atoms with van der Waals surface area (Å²) in [5, 5.41) is 0. The molecule has 148 valence electrons. The van der Waals surface area contributed by atoms with Gasteiger partial charge >= 0.3 is 148 Å². The molecule has 2 aromatic carbocycles. The molecule has 0 radical (unpaired) electrons. The SMILES string of the molecule is Fc1ccc([O][Zr+2][O]c2ccc(F)cc2C(F)(F)F)c(C(F)(F)F)c1.[Cl-].[Cl-]. The Balaban J connectivity index is 0.00000338. The third-order valence-corrected chi connectivity index (χ3v) is 4.29. The van der Waals surface area contributed by atoms with Gasteiger partial charge in [-0.3, -0.25) is 0 Å². The van der Waals surface area contributed by atoms with E-state index in [1.807, 2.05) is 0 Å². The van der Waals surface area contributed by atoms with Crippen molar-refractivity contribution in [2.75, 3.05) is 0 Å². The molecule has 0 aliphatic carbocycles. The van der Waals surface area contributed by atoms with E-state index in [0.717, 1.165) is 0 Å². The molecule has 0 fully saturated rings. The van der Waals surface area contributed by atoms with Gasteiger partial charge in [0.15, 0.2) is 0 Å². The number of halogens is 10. The Bertz CT molecular complexity index is 704. The summed E-state index contributed by atoms with van der Waals surface area (Å²) in [6.07, 6.45) is -9.83. The summed E-state index contributed by atoms with van der Waals surface area (Å²) in [5.74, 6) is -3.81. The fourth-order valence-corrected chi connectivity index (χ4v) is 3.15. The second-order valence-corrected chi connectivity index (χ2v) is 5.98. The van der Waals surface area contributed by atoms with Crippen molar-refractivity contribution >= 4 is 0 Å². The first-order chi connectivity index (χ1) is 11.5. The van der Waals surface area contributed by atoms with E-state index in [4.69, 9.17) is 5.63 Å². The number of hydrogen-bond donors (Lipinski definition) is 0. The Morgan fingerprint density at radius 1 is 0.630 bits per heavy atom. The monoisotopic (exact) mass is 518 g/mol. The Morgan fingerprint density at radius 3 is 1.26 bits per heavy atom. The fourth-order valence-electron chi connectivity index (χ4n) is 1.74. The number of alkyl halides is 6. The molecule has 2 nitrogen and oxygen atoms in total. The maximum Gasteiger partial charge on any atom is -1.00 e. The van der Waals surface area contributed by atoms with E-state index in [0.29, 0.717) is 24.3 Å². The van der Waals surface area contributed by atoms with Crippen LogP contribution in [-0.4, -0.2) is 0 Å². The average Bonchev–Trinajstić information content (AvgIpc) is 2.48. The first kappa shape index (κ1) is 25.9. The van der Waals surface area contributed by atoms with Crippen molar-refractivity contribution in [2.24, 2.45) is 0 Å². The van der Waals surface area contributed by atoms with Gasteiger partial charge in [0.1, 0.15) is 0 Å². The maximum absolute atomic E-state index is 13.0. The van der Waals surface area contributed by atoms with Gasteiger partial charge in [-0.2, -0.15) is 0 Å². The van der Waals surface area contributed by atoms with Crippen LogP contribution in [0, 0.1) is 11.6 Å². The molecule has 2 aromatic rings. The minimum absolute atomic E-state index is 0. The maximum atomic E-state index is 13.0. The van der Waals surface area contributed by atoms with Crippen molar-refractivity contribution in [1.29, 1.82) is 0 Å². The van der Waals surface area contributed by atoms with Crippen LogP contribution < -0.4 is 30.4 Å². The largest absolute Gasteiger partial charge is 1.00 e. The molecule has 0 spiro atoms. The fraction of sp³-hybridized carbons (Fsp3) is 0.143. The van der Waals surface area contributed by atoms with Crippen LogP contribution >= 0.6 is 0 Å². The topological polar surface area (TPSA) is 18.5 Å². The molecule has 0 saturated heterocycles. The van der Waals surface area contributed by atoms with Gasteiger partial charge in [-0.15, -0.1) is 0 Å². The summed E-state index contributed by atoms with van der Waals surface area (Å²) in [4.78, 5) is 0. The van der Waals surface area contributed by atoms with E-state index in [1.165, 1.54) is 0 Å². The predicted molar refractivity (Wildman–Crippen MR) is 64.1 cm³/mol. The minimum atomic E-state index is -4.91. The normalized spacial score (nSPS) is 11.0. The smallest absolute Gasteiger partial charge is 1.00 e. The molecule has 13 heteroatoms. The minimum Gasteiger partial charge on any atom is -1.00 e. The van der Waals surface area contributed by atoms with Gasteiger partial charge in [0, 0.05) is 0 Å². The van der Waals surface area contributed by atoms with Crippen LogP contribution in [0.2, 0.25) is 0 Å². The number of hydrogen-bond acceptors (Lipinski definition) is 2. The van der Waals surface area contributed by atoms with Gasteiger partial charge in [-0.1, -0.05) is 0 Å². The van der Waals surface area contributed by atoms with Gasteiger partial charge < -0.3 is 24.8 Å². The van der Waals surface area contributed by atoms with Crippen LogP contribution in [0.15, 0.2) is 36.4 Å². The molecular weight excluding hydrogens is 514 g/mol. The predicted octanol–water partition coefficient (Wildman–Crippen LogP) is -0.619. The molecule has 0 amide bonds. The van der Waals surface area contributed by atoms with E-state index in [9.17, 15) is 35.1 Å². The molecule has 0 aromatic heterocycles. The van der Waals surface area contributed by atoms with Gasteiger partial charge in [-0.05, 0) is 0 Å². The number of rotatable bonds is 4. The molecule has 0 aliphatic rings. The third kappa shape index (κ3) is 7.12. The molecule has 27 heavy (non-hydrogen) atoms. The van der Waals surface area contributed by atoms with Crippen LogP contribution in [0.25, 0.3) is 0 Å². The second-order valence-electron chi connectivity index (χ2n) is 4.56. The molecule has 0 N–H and O–H groups in total. The summed E-state index contributed by atoms with van der Waals surface area (Å²) < 4.78 is 112. The molecular formula is C14H6Cl2F8O2Zr. The van der Waals surface area contributed by atoms with Crippen LogP contribution in [0.3, 0.4) is 0 Å². The second kappa shape index (κ2) is 9.93. The van der Waals surface area contributed by atoms with E-state index >= 15 is 0 Å². The van der Waals surface area contributed by atoms with Crippen molar-refractivity contribution in [3.63, 3.8) is 0 Å². The molecule has 0 heterocycles. The summed E-state index contributed by atoms with van der Waals surface area (Å²) in [6, 6.07) is 3.24. The molecule has 0 aliphatic heterocycles. The molecule has 0 bridgehead atoms. The van der Waals surface area contributed by atoms with Crippen LogP contribution in [0.1, 0.15) is 11.1 Å². The Morgan fingerprint density at radius 2 is 0.963 bits per heavy atom. The summed E-state index contributed by atoms with van der Waals surface area (Å²) in [5.41, 5.74) is -2.82. The summed E-state index contributed by atoms with van der Waals surface area (Å²) >= 11 is -2.72. The number of benzene rings is 2. The van der Waals surface area contributed by atoms with Gasteiger partial charge in [0.05, 0.1) is 0 Å². The summed E-state index contributed by atoms with van der Waals surface area (Å²) in [7, 11) is 0. The van der Waals surface area contributed by atoms with Crippen molar-refractivity contribution in [2.45, 2.75) is 12.4 Å². The third-order valence-electron chi connectivity index (χ3n) is 2.80. The van der Waals surface area contributed by atoms with Crippen molar-refractivity contribution in [3.05, 3.63) is 59.2 Å². The zero-order valence-corrected chi connectivity index (χ0v) is 16.5. The van der Waals surface area contributed by atoms with Crippen molar-refractivity contribution < 1.29 is 89.7 Å². The zero-order chi connectivity index (χ0) is 18.8. The van der Waals surface area contributed by atoms with Crippen molar-refractivity contribution in [3.8, 4) is 11.5 Å². The van der Waals surface area contributed by atoms with Crippen LogP contribution in [-0.2, 0) is 36.5 Å². The zero-order valence-electron chi connectivity index (χ0n) is 12.6. The average molecular weight is 520 g/mol. The first-order valence-electron chi connectivity index (χ1n) is 6.30. The molecule has 0 saturated carbocycles. The summed E-state index contributed by atoms with van der Waals surface area (Å²) in [6.45, 7) is 0. The van der Waals surface area contributed by atoms with Crippen LogP contribution in [0.5, 0.6) is 11.5 Å². The van der Waals surface area contributed by atoms with E-state index < -0.39 is 70.7 Å². The first-order valence-corrected chi connectivity index (χ1v) is 8.31. The van der Waals surface area contributed by atoms with Gasteiger partial charge in [0.2, 0.25) is 0 Å².